The van der Waals surface area contributed by atoms with Crippen LogP contribution in [0, 0.1) is 0 Å². The van der Waals surface area contributed by atoms with Crippen LogP contribution in [-0.4, -0.2) is 19.7 Å². The second kappa shape index (κ2) is 14.1. The number of hydrogen-bond acceptors (Lipinski definition) is 4. The van der Waals surface area contributed by atoms with Crippen LogP contribution >= 0.6 is 0 Å². The number of allylic oxidation sites excluding steroid dienone is 3. The van der Waals surface area contributed by atoms with Crippen LogP contribution in [0.25, 0.3) is 0 Å². The number of aryl methyl sites for hydroxylation is 2. The smallest absolute Gasteiger partial charge is 0.342 e. The minimum Gasteiger partial charge on any atom is -0.496 e. The summed E-state index contributed by atoms with van der Waals surface area (Å²) in [7, 11) is 1.66. The Morgan fingerprint density at radius 2 is 1.43 bits per heavy atom. The molecule has 4 nitrogen and oxygen atoms in total. The summed E-state index contributed by atoms with van der Waals surface area (Å²) in [5.74, 6) is 0.864. The molecular formula is C33H38O4. The Bertz CT molecular complexity index is 1220. The van der Waals surface area contributed by atoms with Crippen molar-refractivity contribution >= 4 is 5.97 Å². The third kappa shape index (κ3) is 8.38. The highest BCUT2D eigenvalue weighted by Gasteiger charge is 2.26. The lowest BCUT2D eigenvalue weighted by Gasteiger charge is -2.21. The van der Waals surface area contributed by atoms with E-state index >= 15 is 0 Å². The summed E-state index contributed by atoms with van der Waals surface area (Å²) in [4.78, 5) is 13.7. The van der Waals surface area contributed by atoms with E-state index in [1.807, 2.05) is 74.5 Å². The maximum absolute atomic E-state index is 13.7. The van der Waals surface area contributed by atoms with Crippen LogP contribution in [0.15, 0.2) is 90.0 Å². The third-order valence-corrected chi connectivity index (χ3v) is 6.02. The molecule has 3 rings (SSSR count). The molecule has 0 fully saturated rings. The molecule has 0 unspecified atom stereocenters. The van der Waals surface area contributed by atoms with Crippen molar-refractivity contribution in [3.63, 3.8) is 0 Å². The highest BCUT2D eigenvalue weighted by Crippen LogP contribution is 2.38. The molecule has 0 aromatic heterocycles. The van der Waals surface area contributed by atoms with Crippen molar-refractivity contribution < 1.29 is 19.0 Å². The third-order valence-electron chi connectivity index (χ3n) is 6.02. The zero-order chi connectivity index (χ0) is 26.6. The summed E-state index contributed by atoms with van der Waals surface area (Å²) >= 11 is 0. The van der Waals surface area contributed by atoms with E-state index in [0.717, 1.165) is 28.7 Å². The monoisotopic (exact) mass is 498 g/mol. The van der Waals surface area contributed by atoms with Gasteiger partial charge in [-0.25, -0.2) is 4.79 Å². The molecule has 194 valence electrons. The molecule has 0 radical (unpaired) electrons. The maximum Gasteiger partial charge on any atom is 0.342 e. The molecule has 3 aromatic carbocycles. The van der Waals surface area contributed by atoms with E-state index in [4.69, 9.17) is 14.2 Å². The number of esters is 1. The van der Waals surface area contributed by atoms with Gasteiger partial charge in [0.15, 0.2) is 0 Å². The normalized spacial score (nSPS) is 10.4. The molecule has 37 heavy (non-hydrogen) atoms. The quantitative estimate of drug-likeness (QED) is 0.190. The van der Waals surface area contributed by atoms with Gasteiger partial charge in [-0.15, -0.1) is 0 Å². The average molecular weight is 499 g/mol. The first-order valence-corrected chi connectivity index (χ1v) is 12.8. The van der Waals surface area contributed by atoms with E-state index in [0.29, 0.717) is 36.5 Å². The highest BCUT2D eigenvalue weighted by atomic mass is 16.5. The average Bonchev–Trinajstić information content (AvgIpc) is 2.90. The standard InChI is InChI=1S/C33H38O4/c1-24(2)16-19-29-30(35-5)22-28(18-17-26-12-8-6-9-13-26)31(32(29)36-21-20-25(3)4)33(34)37-23-27-14-10-7-11-15-27/h6-16,20,22H,17-19,21,23H2,1-5H3. The van der Waals surface area contributed by atoms with Gasteiger partial charge in [0.25, 0.3) is 0 Å². The second-order valence-corrected chi connectivity index (χ2v) is 9.55. The Kier molecular flexibility index (Phi) is 10.6. The summed E-state index contributed by atoms with van der Waals surface area (Å²) in [5.41, 5.74) is 6.64. The molecule has 0 bridgehead atoms. The molecule has 0 atom stereocenters. The molecule has 0 spiro atoms. The van der Waals surface area contributed by atoms with Gasteiger partial charge in [-0.1, -0.05) is 77.9 Å². The first-order valence-electron chi connectivity index (χ1n) is 12.8. The van der Waals surface area contributed by atoms with Gasteiger partial charge in [0.2, 0.25) is 0 Å². The predicted octanol–water partition coefficient (Wildman–Crippen LogP) is 7.69. The second-order valence-electron chi connectivity index (χ2n) is 9.55. The van der Waals surface area contributed by atoms with Crippen LogP contribution in [0.5, 0.6) is 11.5 Å². The largest absolute Gasteiger partial charge is 0.496 e. The van der Waals surface area contributed by atoms with Crippen molar-refractivity contribution in [2.75, 3.05) is 13.7 Å². The molecule has 0 saturated carbocycles. The van der Waals surface area contributed by atoms with E-state index in [9.17, 15) is 4.79 Å². The molecule has 0 saturated heterocycles. The molecular weight excluding hydrogens is 460 g/mol. The van der Waals surface area contributed by atoms with Crippen molar-refractivity contribution in [3.05, 3.63) is 118 Å². The number of carbonyl (C=O) groups excluding carboxylic acids is 1. The number of hydrogen-bond donors (Lipinski definition) is 0. The molecule has 3 aromatic rings. The van der Waals surface area contributed by atoms with E-state index < -0.39 is 0 Å². The lowest BCUT2D eigenvalue weighted by molar-refractivity contribution is 0.0467. The van der Waals surface area contributed by atoms with E-state index in [-0.39, 0.29) is 12.6 Å². The van der Waals surface area contributed by atoms with E-state index in [1.165, 1.54) is 11.1 Å². The molecule has 0 amide bonds. The number of ether oxygens (including phenoxy) is 3. The van der Waals surface area contributed by atoms with Crippen molar-refractivity contribution in [1.82, 2.24) is 0 Å². The van der Waals surface area contributed by atoms with Gasteiger partial charge in [-0.2, -0.15) is 0 Å². The van der Waals surface area contributed by atoms with Crippen molar-refractivity contribution in [3.8, 4) is 11.5 Å². The van der Waals surface area contributed by atoms with Gasteiger partial charge >= 0.3 is 5.97 Å². The van der Waals surface area contributed by atoms with E-state index in [2.05, 4.69) is 32.1 Å². The molecule has 0 N–H and O–H groups in total. The Labute approximate surface area is 221 Å². The van der Waals surface area contributed by atoms with Gasteiger partial charge < -0.3 is 14.2 Å². The zero-order valence-corrected chi connectivity index (χ0v) is 22.7. The minimum absolute atomic E-state index is 0.195. The molecule has 0 aliphatic rings. The summed E-state index contributed by atoms with van der Waals surface area (Å²) in [6.45, 7) is 8.71. The fourth-order valence-electron chi connectivity index (χ4n) is 4.00. The van der Waals surface area contributed by atoms with Crippen LogP contribution in [0.1, 0.15) is 60.3 Å². The summed E-state index contributed by atoms with van der Waals surface area (Å²) < 4.78 is 18.0. The first kappa shape index (κ1) is 27.8. The molecule has 0 aliphatic carbocycles. The Hall–Kier alpha value is -3.79. The molecule has 0 aliphatic heterocycles. The molecule has 4 heteroatoms. The SMILES string of the molecule is COc1cc(CCc2ccccc2)c(C(=O)OCc2ccccc2)c(OCC=C(C)C)c1CC=C(C)C. The lowest BCUT2D eigenvalue weighted by Crippen LogP contribution is -2.15. The van der Waals surface area contributed by atoms with Crippen molar-refractivity contribution in [2.24, 2.45) is 0 Å². The Morgan fingerprint density at radius 3 is 2.03 bits per heavy atom. The predicted molar refractivity (Wildman–Crippen MR) is 150 cm³/mol. The lowest BCUT2D eigenvalue weighted by atomic mass is 9.94. The van der Waals surface area contributed by atoms with Crippen LogP contribution in [0.4, 0.5) is 0 Å². The van der Waals surface area contributed by atoms with Crippen LogP contribution in [-0.2, 0) is 30.6 Å². The van der Waals surface area contributed by atoms with Gasteiger partial charge in [0, 0.05) is 5.56 Å². The Morgan fingerprint density at radius 1 is 0.811 bits per heavy atom. The van der Waals surface area contributed by atoms with Gasteiger partial charge in [0.05, 0.1) is 7.11 Å². The van der Waals surface area contributed by atoms with E-state index in [1.54, 1.807) is 7.11 Å². The van der Waals surface area contributed by atoms with Crippen LogP contribution < -0.4 is 9.47 Å². The summed E-state index contributed by atoms with van der Waals surface area (Å²) in [6, 6.07) is 22.0. The fourth-order valence-corrected chi connectivity index (χ4v) is 4.00. The number of rotatable bonds is 12. The zero-order valence-electron chi connectivity index (χ0n) is 22.7. The van der Waals surface area contributed by atoms with Gasteiger partial charge in [0.1, 0.15) is 30.3 Å². The highest BCUT2D eigenvalue weighted by molar-refractivity contribution is 5.95. The molecule has 0 heterocycles. The Balaban J connectivity index is 2.09. The topological polar surface area (TPSA) is 44.8 Å². The minimum atomic E-state index is -0.389. The maximum atomic E-state index is 13.7. The fraction of sp³-hybridized carbons (Fsp3) is 0.303. The van der Waals surface area contributed by atoms with Gasteiger partial charge in [-0.3, -0.25) is 0 Å². The first-order chi connectivity index (χ1) is 17.9. The van der Waals surface area contributed by atoms with Crippen molar-refractivity contribution in [1.29, 1.82) is 0 Å². The summed E-state index contributed by atoms with van der Waals surface area (Å²) in [6.07, 6.45) is 6.15. The number of carbonyl (C=O) groups is 1. The summed E-state index contributed by atoms with van der Waals surface area (Å²) in [5, 5.41) is 0. The number of benzene rings is 3. The number of methoxy groups -OCH3 is 1. The van der Waals surface area contributed by atoms with Crippen molar-refractivity contribution in [2.45, 2.75) is 53.6 Å². The van der Waals surface area contributed by atoms with Gasteiger partial charge in [-0.05, 0) is 75.8 Å². The van der Waals surface area contributed by atoms with Crippen LogP contribution in [0.2, 0.25) is 0 Å². The van der Waals surface area contributed by atoms with Crippen LogP contribution in [0.3, 0.4) is 0 Å².